The second-order valence-electron chi connectivity index (χ2n) is 5.81. The van der Waals surface area contributed by atoms with Gasteiger partial charge >= 0.3 is 0 Å². The van der Waals surface area contributed by atoms with Gasteiger partial charge in [0.15, 0.2) is 0 Å². The summed E-state index contributed by atoms with van der Waals surface area (Å²) < 4.78 is 0. The fourth-order valence-corrected chi connectivity index (χ4v) is 4.00. The molecule has 104 valence electrons. The van der Waals surface area contributed by atoms with Gasteiger partial charge in [-0.25, -0.2) is 0 Å². The third-order valence-corrected chi connectivity index (χ3v) is 5.42. The van der Waals surface area contributed by atoms with Crippen LogP contribution in [-0.2, 0) is 4.79 Å². The molecular weight excluding hydrogens is 244 g/mol. The summed E-state index contributed by atoms with van der Waals surface area (Å²) in [6.45, 7) is 4.19. The molecule has 2 rings (SSSR count). The van der Waals surface area contributed by atoms with E-state index >= 15 is 0 Å². The van der Waals surface area contributed by atoms with Gasteiger partial charge < -0.3 is 10.6 Å². The van der Waals surface area contributed by atoms with Crippen LogP contribution in [0.4, 0.5) is 0 Å². The smallest absolute Gasteiger partial charge is 0.221 e. The molecule has 0 bridgehead atoms. The Morgan fingerprint density at radius 2 is 2.33 bits per heavy atom. The van der Waals surface area contributed by atoms with Crippen LogP contribution in [0.2, 0.25) is 0 Å². The number of carbonyl (C=O) groups is 1. The quantitative estimate of drug-likeness (QED) is 0.777. The minimum Gasteiger partial charge on any atom is -0.355 e. The first-order valence-corrected chi connectivity index (χ1v) is 8.47. The van der Waals surface area contributed by atoms with E-state index in [0.29, 0.717) is 17.9 Å². The standard InChI is InChI=1S/C14H26N2OS/c1-2-4-14(5-3-6-14)11-16-13(17)9-12-10-18-8-7-15-12/h12,15H,2-11H2,1H3,(H,16,17). The van der Waals surface area contributed by atoms with E-state index in [2.05, 4.69) is 17.6 Å². The lowest BCUT2D eigenvalue weighted by Crippen LogP contribution is -2.45. The van der Waals surface area contributed by atoms with E-state index in [9.17, 15) is 4.79 Å². The molecule has 2 aliphatic rings. The summed E-state index contributed by atoms with van der Waals surface area (Å²) >= 11 is 1.95. The Morgan fingerprint density at radius 1 is 1.50 bits per heavy atom. The molecule has 1 amide bonds. The molecule has 0 spiro atoms. The predicted molar refractivity (Wildman–Crippen MR) is 77.9 cm³/mol. The Bertz CT molecular complexity index is 273. The monoisotopic (exact) mass is 270 g/mol. The molecule has 1 aliphatic carbocycles. The molecule has 1 atom stereocenters. The van der Waals surface area contributed by atoms with Crippen LogP contribution >= 0.6 is 11.8 Å². The molecule has 0 aromatic heterocycles. The van der Waals surface area contributed by atoms with Crippen molar-refractivity contribution in [3.05, 3.63) is 0 Å². The maximum absolute atomic E-state index is 11.9. The van der Waals surface area contributed by atoms with Crippen LogP contribution in [0, 0.1) is 5.41 Å². The number of thioether (sulfide) groups is 1. The first-order chi connectivity index (χ1) is 8.74. The fraction of sp³-hybridized carbons (Fsp3) is 0.929. The number of rotatable bonds is 6. The van der Waals surface area contributed by atoms with Gasteiger partial charge in [0.1, 0.15) is 0 Å². The molecule has 3 nitrogen and oxygen atoms in total. The van der Waals surface area contributed by atoms with E-state index in [1.807, 2.05) is 11.8 Å². The molecule has 0 aromatic carbocycles. The number of hydrogen-bond donors (Lipinski definition) is 2. The topological polar surface area (TPSA) is 41.1 Å². The van der Waals surface area contributed by atoms with Crippen LogP contribution in [0.3, 0.4) is 0 Å². The van der Waals surface area contributed by atoms with Crippen molar-refractivity contribution in [3.63, 3.8) is 0 Å². The highest BCUT2D eigenvalue weighted by Gasteiger charge is 2.36. The van der Waals surface area contributed by atoms with Gasteiger partial charge in [0, 0.05) is 37.1 Å². The lowest BCUT2D eigenvalue weighted by molar-refractivity contribution is -0.122. The summed E-state index contributed by atoms with van der Waals surface area (Å²) in [5.74, 6) is 2.49. The third kappa shape index (κ3) is 3.89. The summed E-state index contributed by atoms with van der Waals surface area (Å²) in [5.41, 5.74) is 0.444. The van der Waals surface area contributed by atoms with Crippen molar-refractivity contribution in [1.82, 2.24) is 10.6 Å². The molecule has 1 saturated carbocycles. The van der Waals surface area contributed by atoms with Gasteiger partial charge in [0.05, 0.1) is 0 Å². The Kier molecular flexibility index (Phi) is 5.37. The lowest BCUT2D eigenvalue weighted by Gasteiger charge is -2.42. The summed E-state index contributed by atoms with van der Waals surface area (Å²) in [6.07, 6.45) is 7.10. The SMILES string of the molecule is CCCC1(CNC(=O)CC2CSCCN2)CCC1. The molecule has 4 heteroatoms. The van der Waals surface area contributed by atoms with E-state index in [1.165, 1.54) is 37.9 Å². The summed E-state index contributed by atoms with van der Waals surface area (Å²) in [5, 5.41) is 6.59. The van der Waals surface area contributed by atoms with Crippen LogP contribution in [0.15, 0.2) is 0 Å². The van der Waals surface area contributed by atoms with E-state index < -0.39 is 0 Å². The van der Waals surface area contributed by atoms with Gasteiger partial charge in [-0.05, 0) is 24.7 Å². The van der Waals surface area contributed by atoms with Crippen molar-refractivity contribution >= 4 is 17.7 Å². The van der Waals surface area contributed by atoms with E-state index in [4.69, 9.17) is 0 Å². The van der Waals surface area contributed by atoms with Gasteiger partial charge in [0.25, 0.3) is 0 Å². The van der Waals surface area contributed by atoms with Crippen molar-refractivity contribution in [2.45, 2.75) is 51.5 Å². The first-order valence-electron chi connectivity index (χ1n) is 7.32. The van der Waals surface area contributed by atoms with Crippen LogP contribution in [-0.4, -0.2) is 36.5 Å². The molecule has 0 aromatic rings. The minimum absolute atomic E-state index is 0.234. The Hall–Kier alpha value is -0.220. The first kappa shape index (κ1) is 14.2. The molecule has 1 unspecified atom stereocenters. The fourth-order valence-electron chi connectivity index (χ4n) is 3.06. The maximum Gasteiger partial charge on any atom is 0.221 e. The molecule has 1 saturated heterocycles. The number of amides is 1. The molecule has 0 radical (unpaired) electrons. The van der Waals surface area contributed by atoms with Crippen LogP contribution in [0.1, 0.15) is 45.4 Å². The van der Waals surface area contributed by atoms with Gasteiger partial charge in [0.2, 0.25) is 5.91 Å². The van der Waals surface area contributed by atoms with Crippen LogP contribution in [0.5, 0.6) is 0 Å². The normalized spacial score (nSPS) is 26.4. The minimum atomic E-state index is 0.234. The van der Waals surface area contributed by atoms with Crippen molar-refractivity contribution < 1.29 is 4.79 Å². The predicted octanol–water partition coefficient (Wildman–Crippen LogP) is 2.17. The Labute approximate surface area is 115 Å². The lowest BCUT2D eigenvalue weighted by atomic mass is 9.66. The zero-order valence-electron chi connectivity index (χ0n) is 11.5. The van der Waals surface area contributed by atoms with Gasteiger partial charge in [-0.3, -0.25) is 4.79 Å². The number of carbonyl (C=O) groups excluding carboxylic acids is 1. The molecule has 2 N–H and O–H groups in total. The van der Waals surface area contributed by atoms with Crippen molar-refractivity contribution in [2.75, 3.05) is 24.6 Å². The molecule has 18 heavy (non-hydrogen) atoms. The Balaban J connectivity index is 1.67. The second kappa shape index (κ2) is 6.80. The molecular formula is C14H26N2OS. The maximum atomic E-state index is 11.9. The second-order valence-corrected chi connectivity index (χ2v) is 6.96. The van der Waals surface area contributed by atoms with Gasteiger partial charge in [-0.2, -0.15) is 11.8 Å². The van der Waals surface area contributed by atoms with E-state index in [-0.39, 0.29) is 5.91 Å². The molecule has 1 heterocycles. The highest BCUT2D eigenvalue weighted by atomic mass is 32.2. The Morgan fingerprint density at radius 3 is 2.89 bits per heavy atom. The van der Waals surface area contributed by atoms with Crippen LogP contribution < -0.4 is 10.6 Å². The third-order valence-electron chi connectivity index (χ3n) is 4.29. The average Bonchev–Trinajstić information content (AvgIpc) is 2.34. The van der Waals surface area contributed by atoms with E-state index in [0.717, 1.165) is 18.8 Å². The van der Waals surface area contributed by atoms with Gasteiger partial charge in [-0.1, -0.05) is 19.8 Å². The zero-order valence-corrected chi connectivity index (χ0v) is 12.3. The van der Waals surface area contributed by atoms with E-state index in [1.54, 1.807) is 0 Å². The molecule has 1 aliphatic heterocycles. The number of hydrogen-bond acceptors (Lipinski definition) is 3. The summed E-state index contributed by atoms with van der Waals surface area (Å²) in [7, 11) is 0. The van der Waals surface area contributed by atoms with Crippen molar-refractivity contribution in [1.29, 1.82) is 0 Å². The highest BCUT2D eigenvalue weighted by molar-refractivity contribution is 7.99. The van der Waals surface area contributed by atoms with Gasteiger partial charge in [-0.15, -0.1) is 0 Å². The molecule has 2 fully saturated rings. The van der Waals surface area contributed by atoms with Crippen molar-refractivity contribution in [3.8, 4) is 0 Å². The van der Waals surface area contributed by atoms with Crippen LogP contribution in [0.25, 0.3) is 0 Å². The largest absolute Gasteiger partial charge is 0.355 e. The number of nitrogens with one attached hydrogen (secondary N) is 2. The zero-order chi connectivity index (χ0) is 12.8. The summed E-state index contributed by atoms with van der Waals surface area (Å²) in [4.78, 5) is 11.9. The average molecular weight is 270 g/mol. The highest BCUT2D eigenvalue weighted by Crippen LogP contribution is 2.44. The van der Waals surface area contributed by atoms with Crippen molar-refractivity contribution in [2.24, 2.45) is 5.41 Å². The summed E-state index contributed by atoms with van der Waals surface area (Å²) in [6, 6.07) is 0.382.